The van der Waals surface area contributed by atoms with Gasteiger partial charge in [-0.3, -0.25) is 4.79 Å². The molecule has 0 bridgehead atoms. The number of halogens is 4. The highest BCUT2D eigenvalue weighted by Crippen LogP contribution is 2.17. The Hall–Kier alpha value is -1.79. The van der Waals surface area contributed by atoms with Gasteiger partial charge in [0.05, 0.1) is 5.56 Å². The van der Waals surface area contributed by atoms with E-state index in [2.05, 4.69) is 15.3 Å². The Labute approximate surface area is 116 Å². The highest BCUT2D eigenvalue weighted by molar-refractivity contribution is 6.32. The molecule has 1 heterocycles. The molecule has 0 aliphatic heterocycles. The monoisotopic (exact) mass is 303 g/mol. The molecule has 1 N–H and O–H groups in total. The van der Waals surface area contributed by atoms with Gasteiger partial charge in [0.15, 0.2) is 11.6 Å². The zero-order chi connectivity index (χ0) is 14.0. The molecule has 8 heteroatoms. The molecule has 1 amide bonds. The van der Waals surface area contributed by atoms with Gasteiger partial charge in [-0.1, -0.05) is 17.7 Å². The molecule has 19 heavy (non-hydrogen) atoms. The number of nitrogens with one attached hydrogen (secondary N) is 1. The predicted molar refractivity (Wildman–Crippen MR) is 66.4 cm³/mol. The van der Waals surface area contributed by atoms with Crippen molar-refractivity contribution in [2.45, 2.75) is 0 Å². The van der Waals surface area contributed by atoms with Crippen LogP contribution >= 0.6 is 23.2 Å². The third kappa shape index (κ3) is 3.15. The normalized spacial score (nSPS) is 10.3. The SMILES string of the molecule is O=C(Nc1cc(Cl)nc(Cl)n1)c1cccc(F)c1F. The maximum Gasteiger partial charge on any atom is 0.259 e. The summed E-state index contributed by atoms with van der Waals surface area (Å²) in [5.74, 6) is -3.25. The van der Waals surface area contributed by atoms with Gasteiger partial charge in [-0.2, -0.15) is 0 Å². The van der Waals surface area contributed by atoms with E-state index in [9.17, 15) is 13.6 Å². The molecular formula is C11H5Cl2F2N3O. The molecule has 0 aliphatic carbocycles. The Morgan fingerprint density at radius 2 is 1.95 bits per heavy atom. The number of carbonyl (C=O) groups is 1. The van der Waals surface area contributed by atoms with E-state index in [1.54, 1.807) is 0 Å². The number of nitrogens with zero attached hydrogens (tertiary/aromatic N) is 2. The summed E-state index contributed by atoms with van der Waals surface area (Å²) in [5.41, 5.74) is -0.453. The first-order chi connectivity index (χ1) is 8.97. The summed E-state index contributed by atoms with van der Waals surface area (Å²) < 4.78 is 26.4. The zero-order valence-electron chi connectivity index (χ0n) is 9.12. The van der Waals surface area contributed by atoms with E-state index in [4.69, 9.17) is 23.2 Å². The minimum atomic E-state index is -1.24. The molecule has 98 valence electrons. The van der Waals surface area contributed by atoms with Crippen LogP contribution in [0.3, 0.4) is 0 Å². The first-order valence-electron chi connectivity index (χ1n) is 4.93. The maximum absolute atomic E-state index is 13.4. The van der Waals surface area contributed by atoms with Crippen LogP contribution < -0.4 is 5.32 Å². The van der Waals surface area contributed by atoms with Gasteiger partial charge in [-0.15, -0.1) is 0 Å². The van der Waals surface area contributed by atoms with Crippen molar-refractivity contribution in [1.82, 2.24) is 9.97 Å². The third-order valence-electron chi connectivity index (χ3n) is 2.11. The number of amides is 1. The summed E-state index contributed by atoms with van der Waals surface area (Å²) in [5, 5.41) is 2.07. The van der Waals surface area contributed by atoms with Crippen LogP contribution in [-0.4, -0.2) is 15.9 Å². The van der Waals surface area contributed by atoms with E-state index < -0.39 is 23.1 Å². The number of hydrogen-bond acceptors (Lipinski definition) is 3. The zero-order valence-corrected chi connectivity index (χ0v) is 10.6. The van der Waals surface area contributed by atoms with Crippen LogP contribution in [0.4, 0.5) is 14.6 Å². The van der Waals surface area contributed by atoms with E-state index in [-0.39, 0.29) is 16.3 Å². The van der Waals surface area contributed by atoms with Crippen molar-refractivity contribution in [2.75, 3.05) is 5.32 Å². The Morgan fingerprint density at radius 3 is 2.63 bits per heavy atom. The largest absolute Gasteiger partial charge is 0.306 e. The van der Waals surface area contributed by atoms with Crippen LogP contribution in [0.15, 0.2) is 24.3 Å². The highest BCUT2D eigenvalue weighted by atomic mass is 35.5. The number of carbonyl (C=O) groups excluding carboxylic acids is 1. The number of hydrogen-bond donors (Lipinski definition) is 1. The van der Waals surface area contributed by atoms with Gasteiger partial charge in [0.2, 0.25) is 5.28 Å². The molecule has 4 nitrogen and oxygen atoms in total. The Balaban J connectivity index is 2.28. The molecule has 1 aromatic heterocycles. The van der Waals surface area contributed by atoms with Gasteiger partial charge < -0.3 is 5.32 Å². The van der Waals surface area contributed by atoms with E-state index in [0.29, 0.717) is 0 Å². The number of anilines is 1. The Bertz CT molecular complexity index is 632. The van der Waals surface area contributed by atoms with Crippen molar-refractivity contribution in [3.63, 3.8) is 0 Å². The molecule has 1 aromatic carbocycles. The van der Waals surface area contributed by atoms with Crippen molar-refractivity contribution in [3.8, 4) is 0 Å². The number of rotatable bonds is 2. The van der Waals surface area contributed by atoms with Gasteiger partial charge in [0, 0.05) is 6.07 Å². The molecule has 0 radical (unpaired) electrons. The predicted octanol–water partition coefficient (Wildman–Crippen LogP) is 3.31. The molecule has 0 saturated carbocycles. The topological polar surface area (TPSA) is 54.9 Å². The second-order valence-electron chi connectivity index (χ2n) is 3.40. The summed E-state index contributed by atoms with van der Waals surface area (Å²) in [4.78, 5) is 19.0. The lowest BCUT2D eigenvalue weighted by atomic mass is 10.2. The number of aromatic nitrogens is 2. The van der Waals surface area contributed by atoms with Crippen LogP contribution in [0.25, 0.3) is 0 Å². The van der Waals surface area contributed by atoms with Gasteiger partial charge in [-0.25, -0.2) is 18.7 Å². The molecule has 0 spiro atoms. The van der Waals surface area contributed by atoms with E-state index >= 15 is 0 Å². The van der Waals surface area contributed by atoms with Crippen LogP contribution in [0.1, 0.15) is 10.4 Å². The van der Waals surface area contributed by atoms with Crippen LogP contribution in [0.5, 0.6) is 0 Å². The van der Waals surface area contributed by atoms with E-state index in [0.717, 1.165) is 12.1 Å². The standard InChI is InChI=1S/C11H5Cl2F2N3O/c12-7-4-8(18-11(13)16-7)17-10(19)5-2-1-3-6(14)9(5)15/h1-4H,(H,16,17,18,19). The van der Waals surface area contributed by atoms with Crippen molar-refractivity contribution < 1.29 is 13.6 Å². The molecule has 0 aliphatic rings. The van der Waals surface area contributed by atoms with Crippen molar-refractivity contribution in [2.24, 2.45) is 0 Å². The fourth-order valence-electron chi connectivity index (χ4n) is 1.32. The fraction of sp³-hybridized carbons (Fsp3) is 0. The summed E-state index contributed by atoms with van der Waals surface area (Å²) in [6.45, 7) is 0. The first-order valence-corrected chi connectivity index (χ1v) is 5.68. The van der Waals surface area contributed by atoms with Crippen LogP contribution in [-0.2, 0) is 0 Å². The average Bonchev–Trinajstić information content (AvgIpc) is 2.31. The van der Waals surface area contributed by atoms with Gasteiger partial charge in [0.25, 0.3) is 5.91 Å². The van der Waals surface area contributed by atoms with Crippen molar-refractivity contribution in [1.29, 1.82) is 0 Å². The first kappa shape index (κ1) is 13.6. The lowest BCUT2D eigenvalue weighted by Gasteiger charge is -2.06. The summed E-state index contributed by atoms with van der Waals surface area (Å²) in [6, 6.07) is 4.48. The Kier molecular flexibility index (Phi) is 3.92. The van der Waals surface area contributed by atoms with E-state index in [1.807, 2.05) is 0 Å². The Morgan fingerprint density at radius 1 is 1.21 bits per heavy atom. The molecular weight excluding hydrogens is 299 g/mol. The van der Waals surface area contributed by atoms with E-state index in [1.165, 1.54) is 12.1 Å². The summed E-state index contributed by atoms with van der Waals surface area (Å²) in [7, 11) is 0. The van der Waals surface area contributed by atoms with Crippen molar-refractivity contribution in [3.05, 3.63) is 51.9 Å². The van der Waals surface area contributed by atoms with Crippen LogP contribution in [0, 0.1) is 11.6 Å². The second-order valence-corrected chi connectivity index (χ2v) is 4.13. The minimum absolute atomic E-state index is 0.00927. The summed E-state index contributed by atoms with van der Waals surface area (Å²) >= 11 is 11.2. The molecule has 0 atom stereocenters. The average molecular weight is 304 g/mol. The van der Waals surface area contributed by atoms with Gasteiger partial charge >= 0.3 is 0 Å². The molecule has 2 aromatic rings. The quantitative estimate of drug-likeness (QED) is 0.684. The molecule has 2 rings (SSSR count). The molecule has 0 fully saturated rings. The maximum atomic E-state index is 13.4. The lowest BCUT2D eigenvalue weighted by Crippen LogP contribution is -2.15. The minimum Gasteiger partial charge on any atom is -0.306 e. The lowest BCUT2D eigenvalue weighted by molar-refractivity contribution is 0.102. The fourth-order valence-corrected chi connectivity index (χ4v) is 1.73. The van der Waals surface area contributed by atoms with Crippen LogP contribution in [0.2, 0.25) is 10.4 Å². The number of benzene rings is 1. The summed E-state index contributed by atoms with van der Waals surface area (Å²) in [6.07, 6.45) is 0. The third-order valence-corrected chi connectivity index (χ3v) is 2.47. The van der Waals surface area contributed by atoms with Crippen molar-refractivity contribution >= 4 is 34.9 Å². The molecule has 0 saturated heterocycles. The highest BCUT2D eigenvalue weighted by Gasteiger charge is 2.16. The van der Waals surface area contributed by atoms with Gasteiger partial charge in [-0.05, 0) is 23.7 Å². The van der Waals surface area contributed by atoms with Gasteiger partial charge in [0.1, 0.15) is 11.0 Å². The molecule has 0 unspecified atom stereocenters. The second kappa shape index (κ2) is 5.46. The smallest absolute Gasteiger partial charge is 0.259 e.